The molecule has 0 unspecified atom stereocenters. The molecule has 0 aliphatic carbocycles. The summed E-state index contributed by atoms with van der Waals surface area (Å²) in [6.45, 7) is 0.592. The first kappa shape index (κ1) is 13.7. The van der Waals surface area contributed by atoms with Gasteiger partial charge in [-0.25, -0.2) is 4.79 Å². The second kappa shape index (κ2) is 5.62. The summed E-state index contributed by atoms with van der Waals surface area (Å²) in [6.07, 6.45) is 0. The van der Waals surface area contributed by atoms with E-state index in [1.54, 1.807) is 0 Å². The maximum absolute atomic E-state index is 12.0. The Kier molecular flexibility index (Phi) is 3.67. The van der Waals surface area contributed by atoms with Crippen molar-refractivity contribution >= 4 is 28.5 Å². The minimum Gasteiger partial charge on any atom is -0.464 e. The standard InChI is InChI=1S/C17H14ClNO2/c1-21-17(20)16-10-13-4-2-3-5-15(13)19(16)11-12-6-8-14(18)9-7-12/h2-10H,11H2,1H3. The average Bonchev–Trinajstić information content (AvgIpc) is 2.88. The fourth-order valence-electron chi connectivity index (χ4n) is 2.43. The fraction of sp³-hybridized carbons (Fsp3) is 0.118. The number of hydrogen-bond donors (Lipinski definition) is 0. The van der Waals surface area contributed by atoms with E-state index >= 15 is 0 Å². The predicted molar refractivity (Wildman–Crippen MR) is 83.8 cm³/mol. The number of carbonyl (C=O) groups is 1. The Morgan fingerprint density at radius 2 is 1.86 bits per heavy atom. The summed E-state index contributed by atoms with van der Waals surface area (Å²) in [7, 11) is 1.40. The van der Waals surface area contributed by atoms with Gasteiger partial charge in [-0.15, -0.1) is 0 Å². The number of aromatic nitrogens is 1. The average molecular weight is 300 g/mol. The van der Waals surface area contributed by atoms with Crippen LogP contribution in [0.25, 0.3) is 10.9 Å². The van der Waals surface area contributed by atoms with Crippen LogP contribution in [0.4, 0.5) is 0 Å². The molecule has 4 heteroatoms. The van der Waals surface area contributed by atoms with E-state index < -0.39 is 0 Å². The van der Waals surface area contributed by atoms with E-state index in [0.717, 1.165) is 16.5 Å². The normalized spacial score (nSPS) is 10.8. The maximum atomic E-state index is 12.0. The molecule has 0 saturated carbocycles. The number of para-hydroxylation sites is 1. The molecule has 0 fully saturated rings. The molecule has 106 valence electrons. The van der Waals surface area contributed by atoms with Gasteiger partial charge in [-0.1, -0.05) is 41.9 Å². The Morgan fingerprint density at radius 3 is 2.57 bits per heavy atom. The first-order valence-electron chi connectivity index (χ1n) is 6.60. The monoisotopic (exact) mass is 299 g/mol. The van der Waals surface area contributed by atoms with Crippen molar-refractivity contribution in [3.05, 3.63) is 70.9 Å². The number of esters is 1. The largest absolute Gasteiger partial charge is 0.464 e. The van der Waals surface area contributed by atoms with Gasteiger partial charge in [-0.05, 0) is 29.8 Å². The van der Waals surface area contributed by atoms with E-state index in [0.29, 0.717) is 17.3 Å². The molecule has 0 saturated heterocycles. The second-order valence-electron chi connectivity index (χ2n) is 4.79. The molecule has 0 radical (unpaired) electrons. The number of methoxy groups -OCH3 is 1. The number of nitrogens with zero attached hydrogens (tertiary/aromatic N) is 1. The lowest BCUT2D eigenvalue weighted by atomic mass is 10.2. The fourth-order valence-corrected chi connectivity index (χ4v) is 2.55. The van der Waals surface area contributed by atoms with Crippen molar-refractivity contribution in [2.24, 2.45) is 0 Å². The third-order valence-corrected chi connectivity index (χ3v) is 3.71. The van der Waals surface area contributed by atoms with Crippen molar-refractivity contribution in [1.82, 2.24) is 4.57 Å². The molecular formula is C17H14ClNO2. The molecule has 3 nitrogen and oxygen atoms in total. The highest BCUT2D eigenvalue weighted by Crippen LogP contribution is 2.22. The molecule has 21 heavy (non-hydrogen) atoms. The van der Waals surface area contributed by atoms with Crippen LogP contribution in [-0.2, 0) is 11.3 Å². The van der Waals surface area contributed by atoms with Crippen LogP contribution in [0.15, 0.2) is 54.6 Å². The molecule has 0 spiro atoms. The van der Waals surface area contributed by atoms with Gasteiger partial charge in [0.1, 0.15) is 5.69 Å². The van der Waals surface area contributed by atoms with Gasteiger partial charge in [-0.3, -0.25) is 0 Å². The summed E-state index contributed by atoms with van der Waals surface area (Å²) >= 11 is 5.91. The van der Waals surface area contributed by atoms with Gasteiger partial charge in [0.25, 0.3) is 0 Å². The number of benzene rings is 2. The van der Waals surface area contributed by atoms with E-state index in [4.69, 9.17) is 16.3 Å². The lowest BCUT2D eigenvalue weighted by Gasteiger charge is -2.10. The maximum Gasteiger partial charge on any atom is 0.354 e. The van der Waals surface area contributed by atoms with Crippen molar-refractivity contribution in [2.45, 2.75) is 6.54 Å². The highest BCUT2D eigenvalue weighted by atomic mass is 35.5. The van der Waals surface area contributed by atoms with Gasteiger partial charge in [0.2, 0.25) is 0 Å². The van der Waals surface area contributed by atoms with Crippen molar-refractivity contribution < 1.29 is 9.53 Å². The number of carbonyl (C=O) groups excluding carboxylic acids is 1. The lowest BCUT2D eigenvalue weighted by molar-refractivity contribution is 0.0589. The molecule has 0 bridgehead atoms. The molecule has 1 heterocycles. The van der Waals surface area contributed by atoms with E-state index in [9.17, 15) is 4.79 Å². The van der Waals surface area contributed by atoms with Crippen molar-refractivity contribution in [3.63, 3.8) is 0 Å². The van der Waals surface area contributed by atoms with Gasteiger partial charge in [-0.2, -0.15) is 0 Å². The zero-order valence-corrected chi connectivity index (χ0v) is 12.3. The summed E-state index contributed by atoms with van der Waals surface area (Å²) in [6, 6.07) is 17.4. The van der Waals surface area contributed by atoms with Gasteiger partial charge in [0.05, 0.1) is 7.11 Å². The molecule has 3 aromatic rings. The van der Waals surface area contributed by atoms with Gasteiger partial charge < -0.3 is 9.30 Å². The van der Waals surface area contributed by atoms with Crippen LogP contribution in [-0.4, -0.2) is 17.6 Å². The molecule has 2 aromatic carbocycles. The highest BCUT2D eigenvalue weighted by Gasteiger charge is 2.15. The first-order chi connectivity index (χ1) is 10.2. The number of hydrogen-bond acceptors (Lipinski definition) is 2. The van der Waals surface area contributed by atoms with Crippen LogP contribution < -0.4 is 0 Å². The second-order valence-corrected chi connectivity index (χ2v) is 5.23. The van der Waals surface area contributed by atoms with Crippen LogP contribution in [0, 0.1) is 0 Å². The Morgan fingerprint density at radius 1 is 1.14 bits per heavy atom. The van der Waals surface area contributed by atoms with Crippen LogP contribution in [0.1, 0.15) is 16.1 Å². The summed E-state index contributed by atoms with van der Waals surface area (Å²) in [4.78, 5) is 12.0. The molecule has 1 aromatic heterocycles. The van der Waals surface area contributed by atoms with Crippen LogP contribution >= 0.6 is 11.6 Å². The molecule has 0 atom stereocenters. The third kappa shape index (κ3) is 2.65. The summed E-state index contributed by atoms with van der Waals surface area (Å²) in [5.74, 6) is -0.333. The van der Waals surface area contributed by atoms with Gasteiger partial charge in [0.15, 0.2) is 0 Å². The zero-order chi connectivity index (χ0) is 14.8. The Labute approximate surface area is 127 Å². The molecule has 0 aliphatic heterocycles. The summed E-state index contributed by atoms with van der Waals surface area (Å²) in [5, 5.41) is 1.72. The van der Waals surface area contributed by atoms with Crippen molar-refractivity contribution in [3.8, 4) is 0 Å². The van der Waals surface area contributed by atoms with Gasteiger partial charge in [0, 0.05) is 22.5 Å². The smallest absolute Gasteiger partial charge is 0.354 e. The van der Waals surface area contributed by atoms with E-state index in [1.807, 2.05) is 59.2 Å². The lowest BCUT2D eigenvalue weighted by Crippen LogP contribution is -2.11. The topological polar surface area (TPSA) is 31.2 Å². The SMILES string of the molecule is COC(=O)c1cc2ccccc2n1Cc1ccc(Cl)cc1. The Hall–Kier alpha value is -2.26. The van der Waals surface area contributed by atoms with Crippen LogP contribution in [0.2, 0.25) is 5.02 Å². The minimum atomic E-state index is -0.333. The van der Waals surface area contributed by atoms with E-state index in [1.165, 1.54) is 7.11 Å². The summed E-state index contributed by atoms with van der Waals surface area (Å²) in [5.41, 5.74) is 2.63. The molecule has 0 N–H and O–H groups in total. The van der Waals surface area contributed by atoms with Crippen molar-refractivity contribution in [2.75, 3.05) is 7.11 Å². The summed E-state index contributed by atoms with van der Waals surface area (Å²) < 4.78 is 6.85. The molecule has 3 rings (SSSR count). The minimum absolute atomic E-state index is 0.333. The highest BCUT2D eigenvalue weighted by molar-refractivity contribution is 6.30. The molecular weight excluding hydrogens is 286 g/mol. The zero-order valence-electron chi connectivity index (χ0n) is 11.5. The van der Waals surface area contributed by atoms with Gasteiger partial charge >= 0.3 is 5.97 Å². The first-order valence-corrected chi connectivity index (χ1v) is 6.98. The molecule has 0 amide bonds. The number of fused-ring (bicyclic) bond motifs is 1. The Bertz CT molecular complexity index is 790. The quantitative estimate of drug-likeness (QED) is 0.681. The predicted octanol–water partition coefficient (Wildman–Crippen LogP) is 4.13. The van der Waals surface area contributed by atoms with E-state index in [2.05, 4.69) is 0 Å². The Balaban J connectivity index is 2.10. The third-order valence-electron chi connectivity index (χ3n) is 3.46. The molecule has 0 aliphatic rings. The number of ether oxygens (including phenoxy) is 1. The number of halogens is 1. The van der Waals surface area contributed by atoms with Crippen LogP contribution in [0.3, 0.4) is 0 Å². The van der Waals surface area contributed by atoms with Crippen molar-refractivity contribution in [1.29, 1.82) is 0 Å². The van der Waals surface area contributed by atoms with Crippen LogP contribution in [0.5, 0.6) is 0 Å². The van der Waals surface area contributed by atoms with E-state index in [-0.39, 0.29) is 5.97 Å². The number of rotatable bonds is 3.